The van der Waals surface area contributed by atoms with Crippen LogP contribution >= 0.6 is 11.6 Å². The minimum atomic E-state index is -0.0222. The van der Waals surface area contributed by atoms with Crippen molar-refractivity contribution in [2.75, 3.05) is 7.11 Å². The predicted octanol–water partition coefficient (Wildman–Crippen LogP) is 5.30. The molecule has 0 aliphatic heterocycles. The molecular weight excluding hydrogens is 268 g/mol. The second kappa shape index (κ2) is 7.68. The molecule has 0 saturated heterocycles. The van der Waals surface area contributed by atoms with Crippen LogP contribution in [0.3, 0.4) is 0 Å². The van der Waals surface area contributed by atoms with Gasteiger partial charge in [0.1, 0.15) is 6.10 Å². The van der Waals surface area contributed by atoms with Crippen LogP contribution in [0.15, 0.2) is 72.8 Å². The topological polar surface area (TPSA) is 9.23 Å². The maximum absolute atomic E-state index is 5.85. The standard InChI is InChI=1S/C18H17ClO/c1-20-18(16-8-3-2-4-9-16)10-6-5-7-15-11-13-17(19)14-12-15/h2-14,18H,1H3/b7-5+,10-6+. The van der Waals surface area contributed by atoms with E-state index >= 15 is 0 Å². The third-order valence-electron chi connectivity index (χ3n) is 2.94. The van der Waals surface area contributed by atoms with Crippen LogP contribution in [0, 0.1) is 0 Å². The Balaban J connectivity index is 1.99. The van der Waals surface area contributed by atoms with Crippen LogP contribution in [0.25, 0.3) is 6.08 Å². The van der Waals surface area contributed by atoms with Crippen molar-refractivity contribution >= 4 is 17.7 Å². The van der Waals surface area contributed by atoms with Gasteiger partial charge in [0.15, 0.2) is 0 Å². The third-order valence-corrected chi connectivity index (χ3v) is 3.19. The van der Waals surface area contributed by atoms with Crippen molar-refractivity contribution in [3.8, 4) is 0 Å². The van der Waals surface area contributed by atoms with Gasteiger partial charge in [0, 0.05) is 12.1 Å². The first-order chi connectivity index (χ1) is 9.79. The number of allylic oxidation sites excluding steroid dienone is 2. The first-order valence-electron chi connectivity index (χ1n) is 6.48. The molecule has 20 heavy (non-hydrogen) atoms. The van der Waals surface area contributed by atoms with Gasteiger partial charge in [0.05, 0.1) is 0 Å². The summed E-state index contributed by atoms with van der Waals surface area (Å²) in [5, 5.41) is 0.751. The molecule has 0 heterocycles. The monoisotopic (exact) mass is 284 g/mol. The fourth-order valence-electron chi connectivity index (χ4n) is 1.87. The van der Waals surface area contributed by atoms with E-state index in [0.717, 1.165) is 16.1 Å². The number of methoxy groups -OCH3 is 1. The number of hydrogen-bond acceptors (Lipinski definition) is 1. The van der Waals surface area contributed by atoms with Crippen molar-refractivity contribution < 1.29 is 4.74 Å². The molecule has 0 N–H and O–H groups in total. The molecule has 1 atom stereocenters. The maximum Gasteiger partial charge on any atom is 0.101 e. The first kappa shape index (κ1) is 14.6. The average molecular weight is 285 g/mol. The summed E-state index contributed by atoms with van der Waals surface area (Å²) < 4.78 is 5.47. The molecule has 1 unspecified atom stereocenters. The zero-order valence-corrected chi connectivity index (χ0v) is 12.1. The lowest BCUT2D eigenvalue weighted by atomic mass is 10.1. The second-order valence-corrected chi connectivity index (χ2v) is 4.80. The van der Waals surface area contributed by atoms with Crippen LogP contribution in [-0.2, 0) is 4.74 Å². The molecule has 0 fully saturated rings. The minimum absolute atomic E-state index is 0.0222. The van der Waals surface area contributed by atoms with Gasteiger partial charge < -0.3 is 4.74 Å². The molecule has 0 saturated carbocycles. The zero-order chi connectivity index (χ0) is 14.2. The van der Waals surface area contributed by atoms with Gasteiger partial charge in [-0.2, -0.15) is 0 Å². The van der Waals surface area contributed by atoms with Gasteiger partial charge in [-0.05, 0) is 23.3 Å². The quantitative estimate of drug-likeness (QED) is 0.677. The normalized spacial score (nSPS) is 13.1. The van der Waals surface area contributed by atoms with E-state index in [1.165, 1.54) is 0 Å². The number of hydrogen-bond donors (Lipinski definition) is 0. The van der Waals surface area contributed by atoms with Crippen molar-refractivity contribution in [2.45, 2.75) is 6.10 Å². The van der Waals surface area contributed by atoms with Crippen LogP contribution in [0.4, 0.5) is 0 Å². The summed E-state index contributed by atoms with van der Waals surface area (Å²) in [6.45, 7) is 0. The van der Waals surface area contributed by atoms with Crippen molar-refractivity contribution in [3.63, 3.8) is 0 Å². The Labute approximate surface area is 125 Å². The first-order valence-corrected chi connectivity index (χ1v) is 6.85. The summed E-state index contributed by atoms with van der Waals surface area (Å²) in [5.74, 6) is 0. The van der Waals surface area contributed by atoms with Crippen LogP contribution < -0.4 is 0 Å². The Morgan fingerprint density at radius 1 is 0.950 bits per heavy atom. The fraction of sp³-hybridized carbons (Fsp3) is 0.111. The van der Waals surface area contributed by atoms with E-state index in [2.05, 4.69) is 12.1 Å². The predicted molar refractivity (Wildman–Crippen MR) is 85.8 cm³/mol. The molecule has 0 radical (unpaired) electrons. The molecule has 0 bridgehead atoms. The second-order valence-electron chi connectivity index (χ2n) is 4.36. The third kappa shape index (κ3) is 4.37. The molecule has 0 spiro atoms. The number of rotatable bonds is 5. The lowest BCUT2D eigenvalue weighted by Crippen LogP contribution is -1.96. The molecule has 2 aromatic rings. The maximum atomic E-state index is 5.85. The van der Waals surface area contributed by atoms with Gasteiger partial charge in [-0.1, -0.05) is 78.4 Å². The SMILES string of the molecule is COC(/C=C/C=C/c1ccc(Cl)cc1)c1ccccc1. The Morgan fingerprint density at radius 3 is 2.30 bits per heavy atom. The van der Waals surface area contributed by atoms with Crippen LogP contribution in [-0.4, -0.2) is 7.11 Å². The Kier molecular flexibility index (Phi) is 5.60. The van der Waals surface area contributed by atoms with Gasteiger partial charge in [-0.3, -0.25) is 0 Å². The molecule has 2 heteroatoms. The highest BCUT2D eigenvalue weighted by molar-refractivity contribution is 6.30. The molecule has 102 valence electrons. The van der Waals surface area contributed by atoms with E-state index in [9.17, 15) is 0 Å². The van der Waals surface area contributed by atoms with Crippen molar-refractivity contribution in [2.24, 2.45) is 0 Å². The van der Waals surface area contributed by atoms with Crippen molar-refractivity contribution in [1.82, 2.24) is 0 Å². The number of ether oxygens (including phenoxy) is 1. The van der Waals surface area contributed by atoms with Gasteiger partial charge in [0.25, 0.3) is 0 Å². The van der Waals surface area contributed by atoms with Crippen LogP contribution in [0.5, 0.6) is 0 Å². The van der Waals surface area contributed by atoms with E-state index in [0.29, 0.717) is 0 Å². The molecule has 1 nitrogen and oxygen atoms in total. The van der Waals surface area contributed by atoms with E-state index in [4.69, 9.17) is 16.3 Å². The lowest BCUT2D eigenvalue weighted by Gasteiger charge is -2.10. The zero-order valence-electron chi connectivity index (χ0n) is 11.4. The molecule has 0 aromatic heterocycles. The Hall–Kier alpha value is -1.83. The largest absolute Gasteiger partial charge is 0.373 e. The average Bonchev–Trinajstić information content (AvgIpc) is 2.50. The van der Waals surface area contributed by atoms with Gasteiger partial charge in [-0.25, -0.2) is 0 Å². The van der Waals surface area contributed by atoms with Crippen LogP contribution in [0.2, 0.25) is 5.02 Å². The highest BCUT2D eigenvalue weighted by atomic mass is 35.5. The van der Waals surface area contributed by atoms with E-state index in [1.54, 1.807) is 7.11 Å². The summed E-state index contributed by atoms with van der Waals surface area (Å²) in [6.07, 6.45) is 8.03. The molecular formula is C18H17ClO. The lowest BCUT2D eigenvalue weighted by molar-refractivity contribution is 0.143. The van der Waals surface area contributed by atoms with Gasteiger partial charge >= 0.3 is 0 Å². The fourth-order valence-corrected chi connectivity index (χ4v) is 2.00. The van der Waals surface area contributed by atoms with E-state index in [-0.39, 0.29) is 6.10 Å². The van der Waals surface area contributed by atoms with Crippen molar-refractivity contribution in [1.29, 1.82) is 0 Å². The van der Waals surface area contributed by atoms with Gasteiger partial charge in [-0.15, -0.1) is 0 Å². The van der Waals surface area contributed by atoms with E-state index < -0.39 is 0 Å². The van der Waals surface area contributed by atoms with E-state index in [1.807, 2.05) is 66.8 Å². The summed E-state index contributed by atoms with van der Waals surface area (Å²) in [7, 11) is 1.71. The molecule has 2 rings (SSSR count). The van der Waals surface area contributed by atoms with Crippen LogP contribution in [0.1, 0.15) is 17.2 Å². The molecule has 0 amide bonds. The summed E-state index contributed by atoms with van der Waals surface area (Å²) in [5.41, 5.74) is 2.26. The molecule has 2 aromatic carbocycles. The Bertz CT molecular complexity index is 570. The molecule has 0 aliphatic carbocycles. The minimum Gasteiger partial charge on any atom is -0.373 e. The van der Waals surface area contributed by atoms with Gasteiger partial charge in [0.2, 0.25) is 0 Å². The highest BCUT2D eigenvalue weighted by Gasteiger charge is 2.03. The molecule has 0 aliphatic rings. The Morgan fingerprint density at radius 2 is 1.65 bits per heavy atom. The summed E-state index contributed by atoms with van der Waals surface area (Å²) in [6, 6.07) is 17.9. The number of halogens is 1. The number of benzene rings is 2. The smallest absolute Gasteiger partial charge is 0.101 e. The highest BCUT2D eigenvalue weighted by Crippen LogP contribution is 2.17. The van der Waals surface area contributed by atoms with Crippen molar-refractivity contribution in [3.05, 3.63) is 89.0 Å². The summed E-state index contributed by atoms with van der Waals surface area (Å²) in [4.78, 5) is 0. The summed E-state index contributed by atoms with van der Waals surface area (Å²) >= 11 is 5.85.